The van der Waals surface area contributed by atoms with E-state index in [4.69, 9.17) is 9.47 Å². The van der Waals surface area contributed by atoms with Gasteiger partial charge in [-0.05, 0) is 12.1 Å². The van der Waals surface area contributed by atoms with E-state index in [1.807, 2.05) is 18.2 Å². The van der Waals surface area contributed by atoms with Crippen molar-refractivity contribution in [2.75, 3.05) is 34.4 Å². The number of amides is 2. The highest BCUT2D eigenvalue weighted by Gasteiger charge is 2.34. The van der Waals surface area contributed by atoms with Crippen LogP contribution in [0.5, 0.6) is 11.5 Å². The Morgan fingerprint density at radius 1 is 1.26 bits per heavy atom. The van der Waals surface area contributed by atoms with Gasteiger partial charge in [0.25, 0.3) is 5.91 Å². The molecule has 0 aliphatic carbocycles. The van der Waals surface area contributed by atoms with Crippen LogP contribution >= 0.6 is 0 Å². The number of ether oxygens (including phenoxy) is 3. The second kappa shape index (κ2) is 7.82. The molecule has 2 atom stereocenters. The van der Waals surface area contributed by atoms with Crippen LogP contribution in [-0.4, -0.2) is 46.4 Å². The van der Waals surface area contributed by atoms with Gasteiger partial charge in [0.15, 0.2) is 6.54 Å². The van der Waals surface area contributed by atoms with Gasteiger partial charge in [-0.3, -0.25) is 10.1 Å². The van der Waals surface area contributed by atoms with Gasteiger partial charge in [0.2, 0.25) is 0 Å². The molecule has 0 saturated carbocycles. The van der Waals surface area contributed by atoms with E-state index in [1.165, 1.54) is 7.11 Å². The maximum Gasteiger partial charge on any atom is 0.413 e. The standard InChI is InChI=1S/C16H22N2O5/c1-21-11-6-7-12(14(9-11)22-2)13-5-4-8-18(13)10-15(19)17-16(20)23-3/h6-7,9,13H,4-5,8,10H2,1-3H3,(H,17,19,20)/p+1/t13-/m1/s1. The molecule has 1 aromatic rings. The zero-order chi connectivity index (χ0) is 16.8. The summed E-state index contributed by atoms with van der Waals surface area (Å²) >= 11 is 0. The molecule has 7 nitrogen and oxygen atoms in total. The highest BCUT2D eigenvalue weighted by molar-refractivity contribution is 5.92. The number of alkyl carbamates (subject to hydrolysis) is 1. The van der Waals surface area contributed by atoms with Crippen LogP contribution in [0.25, 0.3) is 0 Å². The lowest BCUT2D eigenvalue weighted by atomic mass is 10.0. The summed E-state index contributed by atoms with van der Waals surface area (Å²) in [4.78, 5) is 24.1. The fourth-order valence-electron chi connectivity index (χ4n) is 3.02. The van der Waals surface area contributed by atoms with Gasteiger partial charge in [-0.25, -0.2) is 4.79 Å². The fraction of sp³-hybridized carbons (Fsp3) is 0.500. The average molecular weight is 323 g/mol. The Morgan fingerprint density at radius 3 is 2.70 bits per heavy atom. The molecule has 0 bridgehead atoms. The third-order valence-electron chi connectivity index (χ3n) is 4.11. The first-order valence-corrected chi connectivity index (χ1v) is 7.53. The molecule has 2 N–H and O–H groups in total. The highest BCUT2D eigenvalue weighted by atomic mass is 16.5. The van der Waals surface area contributed by atoms with Gasteiger partial charge < -0.3 is 19.1 Å². The largest absolute Gasteiger partial charge is 0.497 e. The van der Waals surface area contributed by atoms with E-state index >= 15 is 0 Å². The Bertz CT molecular complexity index is 576. The molecule has 1 unspecified atom stereocenters. The SMILES string of the molecule is COC(=O)NC(=O)C[NH+]1CCC[C@@H]1c1ccc(OC)cc1OC. The summed E-state index contributed by atoms with van der Waals surface area (Å²) in [6.07, 6.45) is 1.25. The summed E-state index contributed by atoms with van der Waals surface area (Å²) < 4.78 is 15.1. The number of methoxy groups -OCH3 is 3. The van der Waals surface area contributed by atoms with Gasteiger partial charge in [0.05, 0.1) is 33.4 Å². The van der Waals surface area contributed by atoms with Crippen LogP contribution in [0.15, 0.2) is 18.2 Å². The first-order chi connectivity index (χ1) is 11.1. The predicted octanol–water partition coefficient (Wildman–Crippen LogP) is 0.306. The number of nitrogens with one attached hydrogen (secondary N) is 2. The second-order valence-electron chi connectivity index (χ2n) is 5.43. The zero-order valence-corrected chi connectivity index (χ0v) is 13.7. The van der Waals surface area contributed by atoms with Gasteiger partial charge in [0, 0.05) is 18.9 Å². The molecule has 1 fully saturated rings. The number of imide groups is 1. The molecular formula is C16H23N2O5+. The molecule has 23 heavy (non-hydrogen) atoms. The Hall–Kier alpha value is -2.28. The lowest BCUT2D eigenvalue weighted by molar-refractivity contribution is -0.910. The molecule has 2 rings (SSSR count). The van der Waals surface area contributed by atoms with Crippen LogP contribution in [0.3, 0.4) is 0 Å². The molecule has 0 spiro atoms. The lowest BCUT2D eigenvalue weighted by Gasteiger charge is -2.23. The van der Waals surface area contributed by atoms with Crippen molar-refractivity contribution in [1.29, 1.82) is 0 Å². The molecule has 1 heterocycles. The molecule has 0 aromatic heterocycles. The van der Waals surface area contributed by atoms with Crippen LogP contribution in [0.4, 0.5) is 4.79 Å². The predicted molar refractivity (Wildman–Crippen MR) is 82.8 cm³/mol. The average Bonchev–Trinajstić information content (AvgIpc) is 3.01. The number of benzene rings is 1. The summed E-state index contributed by atoms with van der Waals surface area (Å²) in [5.74, 6) is 1.14. The number of carbonyl (C=O) groups excluding carboxylic acids is 2. The van der Waals surface area contributed by atoms with Crippen LogP contribution in [-0.2, 0) is 9.53 Å². The smallest absolute Gasteiger partial charge is 0.413 e. The summed E-state index contributed by atoms with van der Waals surface area (Å²) in [6.45, 7) is 1.09. The Labute approximate surface area is 135 Å². The van der Waals surface area contributed by atoms with Crippen molar-refractivity contribution in [2.24, 2.45) is 0 Å². The van der Waals surface area contributed by atoms with E-state index in [9.17, 15) is 9.59 Å². The van der Waals surface area contributed by atoms with E-state index in [1.54, 1.807) is 14.2 Å². The monoisotopic (exact) mass is 323 g/mol. The van der Waals surface area contributed by atoms with Crippen molar-refractivity contribution in [1.82, 2.24) is 5.32 Å². The molecular weight excluding hydrogens is 300 g/mol. The molecule has 1 saturated heterocycles. The molecule has 1 aliphatic rings. The number of hydrogen-bond donors (Lipinski definition) is 2. The van der Waals surface area contributed by atoms with E-state index < -0.39 is 6.09 Å². The number of likely N-dealkylation sites (tertiary alicyclic amines) is 1. The minimum Gasteiger partial charge on any atom is -0.497 e. The van der Waals surface area contributed by atoms with Gasteiger partial charge in [-0.2, -0.15) is 0 Å². The Morgan fingerprint density at radius 2 is 2.04 bits per heavy atom. The van der Waals surface area contributed by atoms with Crippen molar-refractivity contribution in [3.8, 4) is 11.5 Å². The van der Waals surface area contributed by atoms with Crippen LogP contribution < -0.4 is 19.7 Å². The van der Waals surface area contributed by atoms with Crippen molar-refractivity contribution < 1.29 is 28.7 Å². The number of rotatable bonds is 5. The second-order valence-corrected chi connectivity index (χ2v) is 5.43. The maximum absolute atomic E-state index is 11.9. The van der Waals surface area contributed by atoms with E-state index in [-0.39, 0.29) is 18.5 Å². The zero-order valence-electron chi connectivity index (χ0n) is 13.7. The van der Waals surface area contributed by atoms with Gasteiger partial charge in [-0.15, -0.1) is 0 Å². The van der Waals surface area contributed by atoms with Crippen molar-refractivity contribution in [2.45, 2.75) is 18.9 Å². The minimum absolute atomic E-state index is 0.152. The summed E-state index contributed by atoms with van der Waals surface area (Å²) in [7, 11) is 4.46. The van der Waals surface area contributed by atoms with Crippen LogP contribution in [0.1, 0.15) is 24.4 Å². The summed E-state index contributed by atoms with van der Waals surface area (Å²) in [5.41, 5.74) is 1.05. The number of quaternary nitrogens is 1. The van der Waals surface area contributed by atoms with E-state index in [0.717, 1.165) is 41.3 Å². The minimum atomic E-state index is -0.729. The number of hydrogen-bond acceptors (Lipinski definition) is 5. The van der Waals surface area contributed by atoms with Crippen molar-refractivity contribution >= 4 is 12.0 Å². The third kappa shape index (κ3) is 4.13. The molecule has 2 amide bonds. The summed E-state index contributed by atoms with van der Waals surface area (Å²) in [5, 5.41) is 2.20. The fourth-order valence-corrected chi connectivity index (χ4v) is 3.02. The summed E-state index contributed by atoms with van der Waals surface area (Å²) in [6, 6.07) is 5.87. The van der Waals surface area contributed by atoms with Gasteiger partial charge in [0.1, 0.15) is 17.5 Å². The first-order valence-electron chi connectivity index (χ1n) is 7.53. The third-order valence-corrected chi connectivity index (χ3v) is 4.11. The topological polar surface area (TPSA) is 78.3 Å². The Kier molecular flexibility index (Phi) is 5.81. The van der Waals surface area contributed by atoms with Crippen molar-refractivity contribution in [3.05, 3.63) is 23.8 Å². The molecule has 1 aromatic carbocycles. The van der Waals surface area contributed by atoms with Crippen molar-refractivity contribution in [3.63, 3.8) is 0 Å². The first kappa shape index (κ1) is 17.1. The normalized spacial score (nSPS) is 20.0. The number of carbonyl (C=O) groups is 2. The van der Waals surface area contributed by atoms with Crippen LogP contribution in [0, 0.1) is 0 Å². The van der Waals surface area contributed by atoms with E-state index in [0.29, 0.717) is 0 Å². The Balaban J connectivity index is 2.12. The van der Waals surface area contributed by atoms with Gasteiger partial charge in [-0.1, -0.05) is 0 Å². The van der Waals surface area contributed by atoms with E-state index in [2.05, 4.69) is 10.1 Å². The molecule has 126 valence electrons. The highest BCUT2D eigenvalue weighted by Crippen LogP contribution is 2.31. The van der Waals surface area contributed by atoms with Gasteiger partial charge >= 0.3 is 6.09 Å². The molecule has 1 aliphatic heterocycles. The molecule has 7 heteroatoms. The van der Waals surface area contributed by atoms with Crippen LogP contribution in [0.2, 0.25) is 0 Å². The maximum atomic E-state index is 11.9. The lowest BCUT2D eigenvalue weighted by Crippen LogP contribution is -3.11. The molecule has 0 radical (unpaired) electrons. The quantitative estimate of drug-likeness (QED) is 0.815.